The number of nitrogens with two attached hydrogens (primary N) is 1. The van der Waals surface area contributed by atoms with E-state index in [9.17, 15) is 0 Å². The number of benzene rings is 1. The lowest BCUT2D eigenvalue weighted by Gasteiger charge is -2.26. The minimum absolute atomic E-state index is 0.163. The normalized spacial score (nSPS) is 16.6. The highest BCUT2D eigenvalue weighted by atomic mass is 35.5. The molecule has 2 N–H and O–H groups in total. The third-order valence-electron chi connectivity index (χ3n) is 5.52. The van der Waals surface area contributed by atoms with Gasteiger partial charge in [-0.1, -0.05) is 23.2 Å². The average molecular weight is 462 g/mol. The molecule has 0 aliphatic carbocycles. The number of fused-ring (bicyclic) bond motifs is 1. The van der Waals surface area contributed by atoms with Crippen molar-refractivity contribution in [1.82, 2.24) is 19.9 Å². The van der Waals surface area contributed by atoms with Crippen molar-refractivity contribution in [3.8, 4) is 22.8 Å². The highest BCUT2D eigenvalue weighted by Gasteiger charge is 2.20. The summed E-state index contributed by atoms with van der Waals surface area (Å²) >= 11 is 13.2. The highest BCUT2D eigenvalue weighted by molar-refractivity contribution is 6.41. The van der Waals surface area contributed by atoms with Gasteiger partial charge < -0.3 is 30.4 Å². The van der Waals surface area contributed by atoms with Crippen molar-refractivity contribution in [3.63, 3.8) is 0 Å². The molecule has 0 radical (unpaired) electrons. The van der Waals surface area contributed by atoms with E-state index in [0.29, 0.717) is 56.7 Å². The molecule has 4 rings (SSSR count). The van der Waals surface area contributed by atoms with Gasteiger partial charge in [0.2, 0.25) is 5.95 Å². The number of likely N-dealkylation sites (N-methyl/N-ethyl adjacent to an activating group) is 1. The number of pyridine rings is 1. The van der Waals surface area contributed by atoms with Crippen LogP contribution in [0.1, 0.15) is 12.8 Å². The summed E-state index contributed by atoms with van der Waals surface area (Å²) in [5.41, 5.74) is 7.43. The number of halogens is 2. The summed E-state index contributed by atoms with van der Waals surface area (Å²) in [4.78, 5) is 15.6. The third kappa shape index (κ3) is 4.15. The van der Waals surface area contributed by atoms with Gasteiger partial charge in [-0.05, 0) is 50.6 Å². The fraction of sp³-hybridized carbons (Fsp3) is 0.381. The van der Waals surface area contributed by atoms with E-state index in [4.69, 9.17) is 48.7 Å². The first-order valence-electron chi connectivity index (χ1n) is 9.84. The number of rotatable bonds is 6. The van der Waals surface area contributed by atoms with E-state index in [1.165, 1.54) is 14.2 Å². The molecule has 1 aromatic carbocycles. The number of hydrogen-bond acceptors (Lipinski definition) is 7. The first-order chi connectivity index (χ1) is 14.9. The van der Waals surface area contributed by atoms with Gasteiger partial charge in [0.1, 0.15) is 11.5 Å². The summed E-state index contributed by atoms with van der Waals surface area (Å²) in [6, 6.07) is 3.81. The summed E-state index contributed by atoms with van der Waals surface area (Å²) in [6.07, 6.45) is 3.90. The SMILES string of the molecule is COc1cc(OC)c(Cl)c(-c2cc3cnc(N)nc3c([N-]CC3CCCN3C)n2)c1Cl. The molecule has 1 saturated heterocycles. The Balaban J connectivity index is 1.85. The number of ether oxygens (including phenoxy) is 2. The van der Waals surface area contributed by atoms with E-state index >= 15 is 0 Å². The van der Waals surface area contributed by atoms with Crippen LogP contribution in [-0.4, -0.2) is 60.3 Å². The molecule has 3 aromatic rings. The molecule has 1 aliphatic heterocycles. The number of nitrogens with zero attached hydrogens (tertiary/aromatic N) is 5. The van der Waals surface area contributed by atoms with Crippen molar-refractivity contribution in [2.75, 3.05) is 40.1 Å². The van der Waals surface area contributed by atoms with Crippen molar-refractivity contribution >= 4 is 45.9 Å². The lowest BCUT2D eigenvalue weighted by Crippen LogP contribution is -2.27. The molecule has 8 nitrogen and oxygen atoms in total. The van der Waals surface area contributed by atoms with Crippen LogP contribution in [0.2, 0.25) is 10.0 Å². The zero-order chi connectivity index (χ0) is 22.1. The van der Waals surface area contributed by atoms with Crippen LogP contribution < -0.4 is 15.2 Å². The van der Waals surface area contributed by atoms with E-state index in [1.807, 2.05) is 6.07 Å². The van der Waals surface area contributed by atoms with Crippen LogP contribution in [0.15, 0.2) is 18.3 Å². The number of methoxy groups -OCH3 is 2. The highest BCUT2D eigenvalue weighted by Crippen LogP contribution is 2.46. The Kier molecular flexibility index (Phi) is 6.22. The van der Waals surface area contributed by atoms with Crippen molar-refractivity contribution < 1.29 is 9.47 Å². The van der Waals surface area contributed by atoms with Crippen molar-refractivity contribution in [3.05, 3.63) is 33.7 Å². The molecule has 164 valence electrons. The second-order valence-electron chi connectivity index (χ2n) is 7.40. The molecule has 0 spiro atoms. The molecule has 10 heteroatoms. The molecule has 31 heavy (non-hydrogen) atoms. The molecule has 0 bridgehead atoms. The maximum Gasteiger partial charge on any atom is 0.220 e. The first-order valence-corrected chi connectivity index (χ1v) is 10.6. The maximum atomic E-state index is 6.61. The van der Waals surface area contributed by atoms with Crippen LogP contribution in [0.3, 0.4) is 0 Å². The second-order valence-corrected chi connectivity index (χ2v) is 8.15. The van der Waals surface area contributed by atoms with Gasteiger partial charge in [-0.15, -0.1) is 0 Å². The molecule has 1 aliphatic rings. The van der Waals surface area contributed by atoms with E-state index in [0.717, 1.165) is 24.8 Å². The third-order valence-corrected chi connectivity index (χ3v) is 6.27. The molecule has 0 saturated carbocycles. The summed E-state index contributed by atoms with van der Waals surface area (Å²) in [5, 5.41) is 6.18. The van der Waals surface area contributed by atoms with Gasteiger partial charge in [-0.3, -0.25) is 0 Å². The molecule has 1 fully saturated rings. The minimum Gasteiger partial charge on any atom is -0.495 e. The number of hydrogen-bond donors (Lipinski definition) is 1. The largest absolute Gasteiger partial charge is 0.495 e. The summed E-state index contributed by atoms with van der Waals surface area (Å²) in [7, 11) is 5.17. The average Bonchev–Trinajstić information content (AvgIpc) is 3.17. The monoisotopic (exact) mass is 461 g/mol. The number of anilines is 1. The maximum absolute atomic E-state index is 6.61. The molecule has 1 unspecified atom stereocenters. The van der Waals surface area contributed by atoms with Gasteiger partial charge in [0, 0.05) is 29.3 Å². The molecule has 3 heterocycles. The second kappa shape index (κ2) is 8.90. The smallest absolute Gasteiger partial charge is 0.220 e. The first kappa shape index (κ1) is 21.7. The van der Waals surface area contributed by atoms with E-state index in [1.54, 1.807) is 12.3 Å². The van der Waals surface area contributed by atoms with Gasteiger partial charge in [0.05, 0.1) is 29.8 Å². The van der Waals surface area contributed by atoms with Crippen LogP contribution in [-0.2, 0) is 0 Å². The zero-order valence-corrected chi connectivity index (χ0v) is 19.0. The Morgan fingerprint density at radius 1 is 1.16 bits per heavy atom. The van der Waals surface area contributed by atoms with Gasteiger partial charge in [0.25, 0.3) is 0 Å². The Bertz CT molecular complexity index is 1100. The molecular weight excluding hydrogens is 439 g/mol. The van der Waals surface area contributed by atoms with Gasteiger partial charge >= 0.3 is 0 Å². The molecule has 0 amide bonds. The number of nitrogen functional groups attached to an aromatic ring is 1. The van der Waals surface area contributed by atoms with Crippen LogP contribution in [0.25, 0.3) is 27.5 Å². The molecule has 1 atom stereocenters. The van der Waals surface area contributed by atoms with E-state index in [2.05, 4.69) is 21.9 Å². The lowest BCUT2D eigenvalue weighted by atomic mass is 10.1. The van der Waals surface area contributed by atoms with Gasteiger partial charge in [-0.2, -0.15) is 0 Å². The molecule has 2 aromatic heterocycles. The van der Waals surface area contributed by atoms with Crippen molar-refractivity contribution in [2.45, 2.75) is 18.9 Å². The minimum atomic E-state index is 0.163. The predicted octanol–water partition coefficient (Wildman–Crippen LogP) is 4.70. The van der Waals surface area contributed by atoms with Crippen LogP contribution in [0.5, 0.6) is 11.5 Å². The van der Waals surface area contributed by atoms with E-state index < -0.39 is 0 Å². The van der Waals surface area contributed by atoms with Crippen LogP contribution in [0, 0.1) is 0 Å². The van der Waals surface area contributed by atoms with Gasteiger partial charge in [-0.25, -0.2) is 9.97 Å². The number of aromatic nitrogens is 3. The number of likely N-dealkylation sites (tertiary alicyclic amines) is 1. The topological polar surface area (TPSA) is 100 Å². The quantitative estimate of drug-likeness (QED) is 0.567. The lowest BCUT2D eigenvalue weighted by molar-refractivity contribution is 0.325. The predicted molar refractivity (Wildman–Crippen MR) is 124 cm³/mol. The standard InChI is InChI=1S/C21H23Cl2N6O2/c1-29-6-4-5-12(29)10-25-20-19-11(9-26-21(24)28-19)7-13(27-20)16-17(22)14(30-2)8-15(31-3)18(16)23/h7-9,12H,4-6,10H2,1-3H3,(H2-,24,25,26,27,28)/q-1. The zero-order valence-electron chi connectivity index (χ0n) is 17.5. The Morgan fingerprint density at radius 3 is 2.48 bits per heavy atom. The Hall–Kier alpha value is -2.55. The Labute approximate surface area is 190 Å². The fourth-order valence-corrected chi connectivity index (χ4v) is 4.48. The van der Waals surface area contributed by atoms with Crippen molar-refractivity contribution in [2.24, 2.45) is 0 Å². The summed E-state index contributed by atoms with van der Waals surface area (Å²) in [6.45, 7) is 1.67. The summed E-state index contributed by atoms with van der Waals surface area (Å²) in [5.74, 6) is 1.49. The van der Waals surface area contributed by atoms with Crippen LogP contribution in [0.4, 0.5) is 11.8 Å². The Morgan fingerprint density at radius 2 is 1.87 bits per heavy atom. The van der Waals surface area contributed by atoms with E-state index in [-0.39, 0.29) is 5.95 Å². The fourth-order valence-electron chi connectivity index (χ4n) is 3.79. The van der Waals surface area contributed by atoms with Crippen LogP contribution >= 0.6 is 23.2 Å². The summed E-state index contributed by atoms with van der Waals surface area (Å²) < 4.78 is 10.8. The van der Waals surface area contributed by atoms with Crippen molar-refractivity contribution in [1.29, 1.82) is 0 Å². The molecular formula is C21H23Cl2N6O2-. The van der Waals surface area contributed by atoms with Gasteiger partial charge in [0.15, 0.2) is 0 Å².